The Hall–Kier alpha value is -2.15. The molecule has 1 fully saturated rings. The number of hydrogen-bond donors (Lipinski definition) is 1. The van der Waals surface area contributed by atoms with E-state index < -0.39 is 0 Å². The standard InChI is InChI=1S/C21H24N2O3S/c1-14(15-4-3-5-17(12-15)23-8-10-26-11-9-23)20(25-2)16-6-7-18-19(13-16)27-22-21(18)24/h3-7,12-14,20H,8-11H2,1-2H3,(H,22,24). The number of morpholine rings is 1. The zero-order valence-electron chi connectivity index (χ0n) is 15.6. The maximum Gasteiger partial charge on any atom is 0.265 e. The second-order valence-corrected chi connectivity index (χ2v) is 7.78. The fourth-order valence-corrected chi connectivity index (χ4v) is 4.55. The van der Waals surface area contributed by atoms with Gasteiger partial charge in [-0.1, -0.05) is 36.7 Å². The van der Waals surface area contributed by atoms with Crippen molar-refractivity contribution in [2.24, 2.45) is 0 Å². The van der Waals surface area contributed by atoms with Crippen LogP contribution in [0.15, 0.2) is 47.3 Å². The summed E-state index contributed by atoms with van der Waals surface area (Å²) in [5.41, 5.74) is 3.54. The zero-order valence-corrected chi connectivity index (χ0v) is 16.4. The summed E-state index contributed by atoms with van der Waals surface area (Å²) < 4.78 is 15.1. The first kappa shape index (κ1) is 18.2. The fourth-order valence-electron chi connectivity index (χ4n) is 3.77. The van der Waals surface area contributed by atoms with Gasteiger partial charge in [0, 0.05) is 31.8 Å². The van der Waals surface area contributed by atoms with Crippen molar-refractivity contribution in [1.29, 1.82) is 0 Å². The lowest BCUT2D eigenvalue weighted by atomic mass is 9.90. The van der Waals surface area contributed by atoms with E-state index in [1.807, 2.05) is 12.1 Å². The number of fused-ring (bicyclic) bond motifs is 1. The fraction of sp³-hybridized carbons (Fsp3) is 0.381. The van der Waals surface area contributed by atoms with Crippen LogP contribution >= 0.6 is 11.5 Å². The second kappa shape index (κ2) is 7.84. The Balaban J connectivity index is 1.62. The van der Waals surface area contributed by atoms with Crippen LogP contribution in [0, 0.1) is 0 Å². The van der Waals surface area contributed by atoms with Crippen molar-refractivity contribution in [1.82, 2.24) is 4.37 Å². The molecule has 0 saturated carbocycles. The molecular formula is C21H24N2O3S. The molecule has 6 heteroatoms. The van der Waals surface area contributed by atoms with Gasteiger partial charge in [0.15, 0.2) is 0 Å². The van der Waals surface area contributed by atoms with E-state index in [4.69, 9.17) is 9.47 Å². The van der Waals surface area contributed by atoms with Gasteiger partial charge in [-0.3, -0.25) is 9.17 Å². The number of aromatic amines is 1. The molecule has 0 amide bonds. The number of nitrogens with one attached hydrogen (secondary N) is 1. The van der Waals surface area contributed by atoms with Gasteiger partial charge in [0.1, 0.15) is 0 Å². The molecule has 2 aromatic carbocycles. The maximum absolute atomic E-state index is 11.8. The molecule has 5 nitrogen and oxygen atoms in total. The van der Waals surface area contributed by atoms with E-state index in [2.05, 4.69) is 46.5 Å². The van der Waals surface area contributed by atoms with Gasteiger partial charge in [-0.05, 0) is 35.4 Å². The van der Waals surface area contributed by atoms with E-state index in [1.54, 1.807) is 7.11 Å². The van der Waals surface area contributed by atoms with Gasteiger partial charge < -0.3 is 14.4 Å². The van der Waals surface area contributed by atoms with Gasteiger partial charge in [-0.25, -0.2) is 0 Å². The lowest BCUT2D eigenvalue weighted by Crippen LogP contribution is -2.36. The summed E-state index contributed by atoms with van der Waals surface area (Å²) in [6.45, 7) is 5.60. The molecule has 2 atom stereocenters. The monoisotopic (exact) mass is 384 g/mol. The molecule has 1 aromatic heterocycles. The highest BCUT2D eigenvalue weighted by molar-refractivity contribution is 7.13. The first-order valence-electron chi connectivity index (χ1n) is 9.24. The van der Waals surface area contributed by atoms with Gasteiger partial charge >= 0.3 is 0 Å². The normalized spacial score (nSPS) is 17.2. The summed E-state index contributed by atoms with van der Waals surface area (Å²) in [5.74, 6) is 0.184. The number of H-pyrrole nitrogens is 1. The second-order valence-electron chi connectivity index (χ2n) is 6.93. The minimum Gasteiger partial charge on any atom is -0.378 e. The lowest BCUT2D eigenvalue weighted by Gasteiger charge is -2.30. The Kier molecular flexibility index (Phi) is 5.29. The van der Waals surface area contributed by atoms with Crippen LogP contribution in [0.5, 0.6) is 0 Å². The number of benzene rings is 2. The predicted molar refractivity (Wildman–Crippen MR) is 110 cm³/mol. The Labute approximate surface area is 162 Å². The third kappa shape index (κ3) is 3.65. The molecule has 3 aromatic rings. The molecule has 142 valence electrons. The molecule has 1 N–H and O–H groups in total. The molecule has 1 aliphatic rings. The molecule has 27 heavy (non-hydrogen) atoms. The van der Waals surface area contributed by atoms with Crippen molar-refractivity contribution >= 4 is 27.3 Å². The van der Waals surface area contributed by atoms with Gasteiger partial charge in [0.25, 0.3) is 5.56 Å². The van der Waals surface area contributed by atoms with Crippen molar-refractivity contribution in [2.45, 2.75) is 18.9 Å². The van der Waals surface area contributed by atoms with Gasteiger partial charge in [-0.2, -0.15) is 0 Å². The SMILES string of the molecule is COC(c1ccc2c(=O)[nH]sc2c1)C(C)c1cccc(N2CCOCC2)c1. The van der Waals surface area contributed by atoms with Gasteiger partial charge in [0.05, 0.1) is 29.4 Å². The summed E-state index contributed by atoms with van der Waals surface area (Å²) in [7, 11) is 1.75. The minimum absolute atomic E-state index is 0.0261. The van der Waals surface area contributed by atoms with Crippen LogP contribution in [-0.2, 0) is 9.47 Å². The smallest absolute Gasteiger partial charge is 0.265 e. The van der Waals surface area contributed by atoms with E-state index in [-0.39, 0.29) is 17.6 Å². The Morgan fingerprint density at radius 3 is 2.74 bits per heavy atom. The quantitative estimate of drug-likeness (QED) is 0.724. The van der Waals surface area contributed by atoms with Gasteiger partial charge in [-0.15, -0.1) is 0 Å². The van der Waals surface area contributed by atoms with Crippen LogP contribution < -0.4 is 10.5 Å². The predicted octanol–water partition coefficient (Wildman–Crippen LogP) is 3.92. The van der Waals surface area contributed by atoms with E-state index >= 15 is 0 Å². The molecular weight excluding hydrogens is 360 g/mol. The van der Waals surface area contributed by atoms with Crippen LogP contribution in [0.4, 0.5) is 5.69 Å². The minimum atomic E-state index is -0.0773. The molecule has 1 aliphatic heterocycles. The number of hydrogen-bond acceptors (Lipinski definition) is 5. The maximum atomic E-state index is 11.8. The Bertz CT molecular complexity index is 975. The van der Waals surface area contributed by atoms with Crippen molar-refractivity contribution in [2.75, 3.05) is 38.3 Å². The summed E-state index contributed by atoms with van der Waals surface area (Å²) in [5, 5.41) is 0.737. The molecule has 0 bridgehead atoms. The number of rotatable bonds is 5. The first-order valence-corrected chi connectivity index (χ1v) is 10.1. The van der Waals surface area contributed by atoms with Crippen molar-refractivity contribution in [3.05, 3.63) is 63.9 Å². The van der Waals surface area contributed by atoms with E-state index in [0.717, 1.165) is 42.0 Å². The number of ether oxygens (including phenoxy) is 2. The molecule has 0 radical (unpaired) electrons. The lowest BCUT2D eigenvalue weighted by molar-refractivity contribution is 0.0837. The molecule has 2 heterocycles. The third-order valence-corrected chi connectivity index (χ3v) is 6.16. The molecule has 2 unspecified atom stereocenters. The van der Waals surface area contributed by atoms with Crippen molar-refractivity contribution in [3.63, 3.8) is 0 Å². The highest BCUT2D eigenvalue weighted by atomic mass is 32.1. The largest absolute Gasteiger partial charge is 0.378 e. The molecule has 4 rings (SSSR count). The van der Waals surface area contributed by atoms with Gasteiger partial charge in [0.2, 0.25) is 0 Å². The number of methoxy groups -OCH3 is 1. The van der Waals surface area contributed by atoms with Crippen LogP contribution in [0.2, 0.25) is 0 Å². The van der Waals surface area contributed by atoms with Crippen molar-refractivity contribution in [3.8, 4) is 0 Å². The van der Waals surface area contributed by atoms with E-state index in [1.165, 1.54) is 22.8 Å². The Morgan fingerprint density at radius 2 is 1.96 bits per heavy atom. The molecule has 0 spiro atoms. The number of aromatic nitrogens is 1. The topological polar surface area (TPSA) is 54.6 Å². The van der Waals surface area contributed by atoms with E-state index in [0.29, 0.717) is 0 Å². The zero-order chi connectivity index (χ0) is 18.8. The van der Waals surface area contributed by atoms with Crippen LogP contribution in [0.1, 0.15) is 30.1 Å². The average Bonchev–Trinajstić information content (AvgIpc) is 3.09. The molecule has 1 saturated heterocycles. The highest BCUT2D eigenvalue weighted by Crippen LogP contribution is 2.36. The van der Waals surface area contributed by atoms with Crippen LogP contribution in [-0.4, -0.2) is 37.8 Å². The first-order chi connectivity index (χ1) is 13.2. The summed E-state index contributed by atoms with van der Waals surface area (Å²) >= 11 is 1.37. The van der Waals surface area contributed by atoms with Crippen LogP contribution in [0.25, 0.3) is 10.1 Å². The number of anilines is 1. The number of nitrogens with zero attached hydrogens (tertiary/aromatic N) is 1. The van der Waals surface area contributed by atoms with Crippen molar-refractivity contribution < 1.29 is 9.47 Å². The summed E-state index contributed by atoms with van der Waals surface area (Å²) in [4.78, 5) is 14.1. The molecule has 0 aliphatic carbocycles. The Morgan fingerprint density at radius 1 is 1.15 bits per heavy atom. The summed E-state index contributed by atoms with van der Waals surface area (Å²) in [6, 6.07) is 14.7. The van der Waals surface area contributed by atoms with Crippen LogP contribution in [0.3, 0.4) is 0 Å². The third-order valence-electron chi connectivity index (χ3n) is 5.31. The van der Waals surface area contributed by atoms with E-state index in [9.17, 15) is 4.79 Å². The average molecular weight is 385 g/mol. The highest BCUT2D eigenvalue weighted by Gasteiger charge is 2.22. The summed E-state index contributed by atoms with van der Waals surface area (Å²) in [6.07, 6.45) is -0.0773.